The van der Waals surface area contributed by atoms with E-state index in [1.165, 1.54) is 0 Å². The molecule has 1 unspecified atom stereocenters. The van der Waals surface area contributed by atoms with Gasteiger partial charge in [0.1, 0.15) is 18.5 Å². The predicted octanol–water partition coefficient (Wildman–Crippen LogP) is 2.08. The van der Waals surface area contributed by atoms with Crippen molar-refractivity contribution in [1.82, 2.24) is 0 Å². The Kier molecular flexibility index (Phi) is 5.47. The van der Waals surface area contributed by atoms with E-state index in [9.17, 15) is 0 Å². The van der Waals surface area contributed by atoms with Crippen LogP contribution in [0.1, 0.15) is 6.92 Å². The molecule has 0 aliphatic heterocycles. The zero-order chi connectivity index (χ0) is 11.1. The van der Waals surface area contributed by atoms with Crippen LogP contribution in [0.2, 0.25) is 5.02 Å². The standard InChI is InChI=1S/C11H16ClNO2/c1-2-14-11(7-13)8-15-10-5-3-4-9(12)6-10/h3-6,11H,2,7-8,13H2,1H3. The van der Waals surface area contributed by atoms with Gasteiger partial charge in [-0.3, -0.25) is 0 Å². The molecule has 0 aromatic heterocycles. The molecule has 2 N–H and O–H groups in total. The maximum atomic E-state index is 5.82. The summed E-state index contributed by atoms with van der Waals surface area (Å²) in [4.78, 5) is 0. The largest absolute Gasteiger partial charge is 0.491 e. The van der Waals surface area contributed by atoms with Gasteiger partial charge in [-0.2, -0.15) is 0 Å². The Labute approximate surface area is 95.1 Å². The van der Waals surface area contributed by atoms with Crippen molar-refractivity contribution in [2.24, 2.45) is 5.73 Å². The summed E-state index contributed by atoms with van der Waals surface area (Å²) in [5, 5.41) is 0.660. The minimum Gasteiger partial charge on any atom is -0.491 e. The summed E-state index contributed by atoms with van der Waals surface area (Å²) in [6.45, 7) is 3.47. The molecule has 1 rings (SSSR count). The minimum absolute atomic E-state index is 0.0611. The molecule has 0 fully saturated rings. The van der Waals surface area contributed by atoms with Gasteiger partial charge in [0.2, 0.25) is 0 Å². The van der Waals surface area contributed by atoms with Crippen LogP contribution in [0.3, 0.4) is 0 Å². The van der Waals surface area contributed by atoms with Crippen molar-refractivity contribution in [2.75, 3.05) is 19.8 Å². The maximum Gasteiger partial charge on any atom is 0.120 e. The predicted molar refractivity (Wildman–Crippen MR) is 61.4 cm³/mol. The van der Waals surface area contributed by atoms with Crippen LogP contribution in [0.5, 0.6) is 5.75 Å². The lowest BCUT2D eigenvalue weighted by Crippen LogP contribution is -2.30. The zero-order valence-electron chi connectivity index (χ0n) is 8.78. The lowest BCUT2D eigenvalue weighted by atomic mass is 10.3. The molecule has 0 aliphatic carbocycles. The number of hydrogen-bond acceptors (Lipinski definition) is 3. The minimum atomic E-state index is -0.0611. The van der Waals surface area contributed by atoms with E-state index in [2.05, 4.69) is 0 Å². The van der Waals surface area contributed by atoms with Gasteiger partial charge in [-0.1, -0.05) is 17.7 Å². The van der Waals surface area contributed by atoms with E-state index in [0.29, 0.717) is 24.8 Å². The Morgan fingerprint density at radius 3 is 2.87 bits per heavy atom. The highest BCUT2D eigenvalue weighted by Gasteiger charge is 2.06. The molecule has 0 saturated carbocycles. The highest BCUT2D eigenvalue weighted by molar-refractivity contribution is 6.30. The van der Waals surface area contributed by atoms with Gasteiger partial charge in [0.15, 0.2) is 0 Å². The Morgan fingerprint density at radius 2 is 2.27 bits per heavy atom. The van der Waals surface area contributed by atoms with Gasteiger partial charge < -0.3 is 15.2 Å². The molecule has 1 aromatic rings. The van der Waals surface area contributed by atoms with Crippen LogP contribution >= 0.6 is 11.6 Å². The van der Waals surface area contributed by atoms with Crippen molar-refractivity contribution in [3.63, 3.8) is 0 Å². The Morgan fingerprint density at radius 1 is 1.47 bits per heavy atom. The van der Waals surface area contributed by atoms with Crippen LogP contribution in [0, 0.1) is 0 Å². The van der Waals surface area contributed by atoms with Crippen molar-refractivity contribution in [2.45, 2.75) is 13.0 Å². The molecule has 0 amide bonds. The number of rotatable bonds is 6. The van der Waals surface area contributed by atoms with E-state index in [1.807, 2.05) is 19.1 Å². The molecule has 0 heterocycles. The van der Waals surface area contributed by atoms with Crippen LogP contribution in [0.15, 0.2) is 24.3 Å². The second-order valence-corrected chi connectivity index (χ2v) is 3.52. The highest BCUT2D eigenvalue weighted by Crippen LogP contribution is 2.17. The van der Waals surface area contributed by atoms with E-state index in [0.717, 1.165) is 5.75 Å². The summed E-state index contributed by atoms with van der Waals surface area (Å²) in [7, 11) is 0. The molecule has 1 aromatic carbocycles. The Hall–Kier alpha value is -0.770. The first-order valence-corrected chi connectivity index (χ1v) is 5.34. The number of halogens is 1. The van der Waals surface area contributed by atoms with Crippen LogP contribution in [-0.4, -0.2) is 25.9 Å². The van der Waals surface area contributed by atoms with Crippen LogP contribution in [-0.2, 0) is 4.74 Å². The summed E-state index contributed by atoms with van der Waals surface area (Å²) in [5.41, 5.74) is 5.52. The fourth-order valence-corrected chi connectivity index (χ4v) is 1.35. The first-order chi connectivity index (χ1) is 7.26. The Balaban J connectivity index is 2.41. The number of ether oxygens (including phenoxy) is 2. The fourth-order valence-electron chi connectivity index (χ4n) is 1.17. The van der Waals surface area contributed by atoms with Gasteiger partial charge >= 0.3 is 0 Å². The van der Waals surface area contributed by atoms with Crippen LogP contribution < -0.4 is 10.5 Å². The summed E-state index contributed by atoms with van der Waals surface area (Å²) >= 11 is 5.82. The summed E-state index contributed by atoms with van der Waals surface area (Å²) in [5.74, 6) is 0.737. The van der Waals surface area contributed by atoms with Gasteiger partial charge in [-0.25, -0.2) is 0 Å². The third-order valence-electron chi connectivity index (χ3n) is 1.90. The topological polar surface area (TPSA) is 44.5 Å². The van der Waals surface area contributed by atoms with Gasteiger partial charge in [-0.05, 0) is 25.1 Å². The summed E-state index contributed by atoms with van der Waals surface area (Å²) in [6, 6.07) is 7.26. The highest BCUT2D eigenvalue weighted by atomic mass is 35.5. The molecule has 0 spiro atoms. The normalized spacial score (nSPS) is 12.5. The van der Waals surface area contributed by atoms with Crippen LogP contribution in [0.4, 0.5) is 0 Å². The Bertz CT molecular complexity index is 294. The van der Waals surface area contributed by atoms with Gasteiger partial charge in [0, 0.05) is 18.2 Å². The number of benzene rings is 1. The molecule has 0 saturated heterocycles. The van der Waals surface area contributed by atoms with Gasteiger partial charge in [0.25, 0.3) is 0 Å². The van der Waals surface area contributed by atoms with Crippen molar-refractivity contribution >= 4 is 11.6 Å². The second-order valence-electron chi connectivity index (χ2n) is 3.08. The summed E-state index contributed by atoms with van der Waals surface area (Å²) < 4.78 is 10.9. The molecule has 15 heavy (non-hydrogen) atoms. The third kappa shape index (κ3) is 4.51. The van der Waals surface area contributed by atoms with Crippen molar-refractivity contribution in [1.29, 1.82) is 0 Å². The van der Waals surface area contributed by atoms with Crippen molar-refractivity contribution in [3.05, 3.63) is 29.3 Å². The number of nitrogens with two attached hydrogens (primary N) is 1. The zero-order valence-corrected chi connectivity index (χ0v) is 9.54. The molecule has 84 valence electrons. The SMILES string of the molecule is CCOC(CN)COc1cccc(Cl)c1. The molecule has 3 nitrogen and oxygen atoms in total. The van der Waals surface area contributed by atoms with Gasteiger partial charge in [0.05, 0.1) is 0 Å². The third-order valence-corrected chi connectivity index (χ3v) is 2.13. The van der Waals surface area contributed by atoms with Gasteiger partial charge in [-0.15, -0.1) is 0 Å². The fraction of sp³-hybridized carbons (Fsp3) is 0.455. The average Bonchev–Trinajstić information content (AvgIpc) is 2.24. The van der Waals surface area contributed by atoms with E-state index >= 15 is 0 Å². The van der Waals surface area contributed by atoms with E-state index in [1.54, 1.807) is 12.1 Å². The molecule has 0 radical (unpaired) electrons. The monoisotopic (exact) mass is 229 g/mol. The second kappa shape index (κ2) is 6.67. The average molecular weight is 230 g/mol. The molecular weight excluding hydrogens is 214 g/mol. The number of hydrogen-bond donors (Lipinski definition) is 1. The lowest BCUT2D eigenvalue weighted by molar-refractivity contribution is 0.0337. The molecular formula is C11H16ClNO2. The van der Waals surface area contributed by atoms with Crippen molar-refractivity contribution in [3.8, 4) is 5.75 Å². The van der Waals surface area contributed by atoms with E-state index < -0.39 is 0 Å². The quantitative estimate of drug-likeness (QED) is 0.813. The molecule has 4 heteroatoms. The maximum absolute atomic E-state index is 5.82. The van der Waals surface area contributed by atoms with E-state index in [-0.39, 0.29) is 6.10 Å². The first kappa shape index (κ1) is 12.3. The van der Waals surface area contributed by atoms with Crippen molar-refractivity contribution < 1.29 is 9.47 Å². The molecule has 0 bridgehead atoms. The smallest absolute Gasteiger partial charge is 0.120 e. The van der Waals surface area contributed by atoms with Crippen LogP contribution in [0.25, 0.3) is 0 Å². The first-order valence-electron chi connectivity index (χ1n) is 4.96. The lowest BCUT2D eigenvalue weighted by Gasteiger charge is -2.15. The summed E-state index contributed by atoms with van der Waals surface area (Å²) in [6.07, 6.45) is -0.0611. The van der Waals surface area contributed by atoms with E-state index in [4.69, 9.17) is 26.8 Å². The molecule has 1 atom stereocenters. The molecule has 0 aliphatic rings.